The molecule has 6 aromatic rings. The van der Waals surface area contributed by atoms with Crippen molar-refractivity contribution in [2.75, 3.05) is 88.0 Å². The molecule has 5 atom stereocenters. The number of aromatic nitrogens is 1. The molecule has 0 radical (unpaired) electrons. The lowest BCUT2D eigenvalue weighted by Crippen LogP contribution is -2.67. The summed E-state index contributed by atoms with van der Waals surface area (Å²) in [6, 6.07) is 38.2. The molecule has 3 N–H and O–H groups in total. The van der Waals surface area contributed by atoms with Gasteiger partial charge in [-0.05, 0) is 108 Å². The Labute approximate surface area is 469 Å². The van der Waals surface area contributed by atoms with E-state index in [-0.39, 0.29) is 53.6 Å². The van der Waals surface area contributed by atoms with Crippen molar-refractivity contribution in [3.05, 3.63) is 138 Å². The Morgan fingerprint density at radius 2 is 1.59 bits per heavy atom. The largest absolute Gasteiger partial charge is 0.495 e. The highest BCUT2D eigenvalue weighted by Gasteiger charge is 2.51. The summed E-state index contributed by atoms with van der Waals surface area (Å²) < 4.78 is 71.3. The van der Waals surface area contributed by atoms with Crippen molar-refractivity contribution < 1.29 is 36.3 Å². The molecule has 0 bridgehead atoms. The number of benzene rings is 5. The number of hydrogen-bond donors (Lipinski definition) is 3. The molecule has 3 aliphatic heterocycles. The standard InChI is InChI=1S/C63H76F4N8O4Si/c1-42(2)59-60(76)69-45(40-79-80(62(3,4)5,49-19-12-10-13-20-49)50-21-14-11-15-22-50)34-43-25-27-46(37-57(43)73(59)8)74-33-29-48(38-74)72(7)61(77)44-26-28-58(78-9)55(35-44)68-31-17-18-47-36-51-53(70-54-30-32-71(6)39-52(54)64)23-16-24-56(51)75(47)41-63(65,66)67/h10-16,19-28,35-37,42,45,48,52,54,59,68,70H,29-34,38-41H2,1-9H3,(H,69,76)/t45-,48+,52-,54+,59-/m0/s1. The summed E-state index contributed by atoms with van der Waals surface area (Å²) in [7, 11) is 4.31. The third-order valence-corrected chi connectivity index (χ3v) is 21.3. The van der Waals surface area contributed by atoms with Gasteiger partial charge >= 0.3 is 6.18 Å². The minimum absolute atomic E-state index is 0.0101. The number of nitrogens with one attached hydrogen (secondary N) is 3. The molecule has 0 unspecified atom stereocenters. The van der Waals surface area contributed by atoms with Crippen LogP contribution in [-0.2, 0) is 22.2 Å². The molecule has 5 aromatic carbocycles. The average molecular weight is 1110 g/mol. The van der Waals surface area contributed by atoms with E-state index >= 15 is 4.39 Å². The zero-order chi connectivity index (χ0) is 57.1. The van der Waals surface area contributed by atoms with Crippen molar-refractivity contribution in [2.24, 2.45) is 5.92 Å². The van der Waals surface area contributed by atoms with Gasteiger partial charge in [-0.1, -0.05) is 113 Å². The van der Waals surface area contributed by atoms with Crippen LogP contribution >= 0.6 is 0 Å². The van der Waals surface area contributed by atoms with Crippen LogP contribution in [0.2, 0.25) is 5.04 Å². The summed E-state index contributed by atoms with van der Waals surface area (Å²) in [6.07, 6.45) is -3.77. The van der Waals surface area contributed by atoms with E-state index in [0.29, 0.717) is 66.1 Å². The lowest BCUT2D eigenvalue weighted by atomic mass is 9.95. The summed E-state index contributed by atoms with van der Waals surface area (Å²) in [5.41, 5.74) is 5.12. The first-order valence-electron chi connectivity index (χ1n) is 27.8. The summed E-state index contributed by atoms with van der Waals surface area (Å²) in [5, 5.41) is 12.6. The number of likely N-dealkylation sites (N-methyl/N-ethyl adjacent to an activating group) is 2. The van der Waals surface area contributed by atoms with Gasteiger partial charge in [0.15, 0.2) is 0 Å². The molecule has 0 saturated carbocycles. The molecule has 2 fully saturated rings. The third kappa shape index (κ3) is 12.3. The molecule has 4 heterocycles. The SMILES string of the molecule is COc1ccc(C(=O)N(C)[C@@H]2CCN(c3ccc4c(c3)N(C)[C@@H](C(C)C)C(=O)N[C@H](CO[Si](c3ccccc3)(c3ccccc3)C(C)(C)C)C4)C2)cc1NCC#Cc1cc2c(N[C@@H]3CCN(C)C[C@@H]3F)cccc2n1CC(F)(F)F. The van der Waals surface area contributed by atoms with E-state index in [2.05, 4.69) is 139 Å². The van der Waals surface area contributed by atoms with Crippen LogP contribution in [0.3, 0.4) is 0 Å². The van der Waals surface area contributed by atoms with Gasteiger partial charge in [0.1, 0.15) is 24.5 Å². The van der Waals surface area contributed by atoms with Gasteiger partial charge in [0.25, 0.3) is 14.2 Å². The van der Waals surface area contributed by atoms with Crippen LogP contribution in [0.1, 0.15) is 69.1 Å². The van der Waals surface area contributed by atoms with Crippen molar-refractivity contribution >= 4 is 64.2 Å². The monoisotopic (exact) mass is 1110 g/mol. The molecule has 80 heavy (non-hydrogen) atoms. The number of methoxy groups -OCH3 is 1. The normalized spacial score (nSPS) is 20.1. The maximum Gasteiger partial charge on any atom is 0.406 e. The van der Waals surface area contributed by atoms with E-state index in [1.165, 1.54) is 17.5 Å². The minimum Gasteiger partial charge on any atom is -0.495 e. The third-order valence-electron chi connectivity index (χ3n) is 16.3. The Morgan fingerprint density at radius 1 is 0.875 bits per heavy atom. The first kappa shape index (κ1) is 57.7. The van der Waals surface area contributed by atoms with Crippen molar-refractivity contribution in [3.63, 3.8) is 0 Å². The molecule has 424 valence electrons. The number of carbonyl (C=O) groups excluding carboxylic acids is 2. The molecule has 0 aliphatic carbocycles. The number of piperidine rings is 1. The Hall–Kier alpha value is -7.00. The van der Waals surface area contributed by atoms with Crippen molar-refractivity contribution in [1.29, 1.82) is 0 Å². The highest BCUT2D eigenvalue weighted by atomic mass is 28.4. The first-order chi connectivity index (χ1) is 38.1. The van der Waals surface area contributed by atoms with Crippen LogP contribution in [0.5, 0.6) is 5.75 Å². The van der Waals surface area contributed by atoms with E-state index in [1.807, 2.05) is 38.2 Å². The molecule has 2 saturated heterocycles. The number of anilines is 4. The van der Waals surface area contributed by atoms with Crippen LogP contribution < -0.4 is 40.9 Å². The van der Waals surface area contributed by atoms with Gasteiger partial charge in [-0.25, -0.2) is 4.39 Å². The molecule has 17 heteroatoms. The smallest absolute Gasteiger partial charge is 0.406 e. The highest BCUT2D eigenvalue weighted by Crippen LogP contribution is 2.39. The van der Waals surface area contributed by atoms with E-state index in [4.69, 9.17) is 9.16 Å². The van der Waals surface area contributed by atoms with Crippen LogP contribution in [0.25, 0.3) is 10.9 Å². The number of nitrogens with zero attached hydrogens (tertiary/aromatic N) is 5. The summed E-state index contributed by atoms with van der Waals surface area (Å²) in [5.74, 6) is 6.21. The summed E-state index contributed by atoms with van der Waals surface area (Å²) in [6.45, 7) is 12.4. The lowest BCUT2D eigenvalue weighted by Gasteiger charge is -2.44. The fraction of sp³-hybridized carbons (Fsp3) is 0.429. The predicted octanol–water partition coefficient (Wildman–Crippen LogP) is 9.56. The Morgan fingerprint density at radius 3 is 2.24 bits per heavy atom. The van der Waals surface area contributed by atoms with Gasteiger partial charge in [0, 0.05) is 68.3 Å². The second-order valence-corrected chi connectivity index (χ2v) is 27.5. The lowest BCUT2D eigenvalue weighted by molar-refractivity contribution is -0.140. The topological polar surface area (TPSA) is 107 Å². The van der Waals surface area contributed by atoms with Gasteiger partial charge in [-0.3, -0.25) is 9.59 Å². The van der Waals surface area contributed by atoms with E-state index in [9.17, 15) is 22.8 Å². The molecular formula is C63H76F4N8O4Si. The van der Waals surface area contributed by atoms with Crippen LogP contribution in [0.4, 0.5) is 40.3 Å². The van der Waals surface area contributed by atoms with E-state index < -0.39 is 39.3 Å². The molecule has 9 rings (SSSR count). The van der Waals surface area contributed by atoms with E-state index in [0.717, 1.165) is 34.5 Å². The fourth-order valence-electron chi connectivity index (χ4n) is 12.2. The molecule has 2 amide bonds. The summed E-state index contributed by atoms with van der Waals surface area (Å²) in [4.78, 5) is 36.8. The average Bonchev–Trinajstić information content (AvgIpc) is 4.09. The van der Waals surface area contributed by atoms with Crippen LogP contribution in [-0.4, -0.2) is 139 Å². The first-order valence-corrected chi connectivity index (χ1v) is 29.7. The second-order valence-electron chi connectivity index (χ2n) is 23.2. The zero-order valence-electron chi connectivity index (χ0n) is 47.5. The number of likely N-dealkylation sites (tertiary alicyclic amines) is 1. The zero-order valence-corrected chi connectivity index (χ0v) is 48.5. The number of fused-ring (bicyclic) bond motifs is 2. The van der Waals surface area contributed by atoms with Gasteiger partial charge in [0.05, 0.1) is 55.3 Å². The van der Waals surface area contributed by atoms with Gasteiger partial charge in [0.2, 0.25) is 5.91 Å². The predicted molar refractivity (Wildman–Crippen MR) is 316 cm³/mol. The Bertz CT molecular complexity index is 3170. The maximum absolute atomic E-state index is 15.0. The molecule has 0 spiro atoms. The number of halogens is 4. The van der Waals surface area contributed by atoms with Crippen molar-refractivity contribution in [1.82, 2.24) is 19.7 Å². The van der Waals surface area contributed by atoms with Crippen molar-refractivity contribution in [3.8, 4) is 17.6 Å². The Kier molecular flexibility index (Phi) is 17.3. The number of carbonyl (C=O) groups is 2. The number of amides is 2. The second kappa shape index (κ2) is 24.0. The van der Waals surface area contributed by atoms with Gasteiger partial charge < -0.3 is 49.3 Å². The molecule has 3 aliphatic rings. The molecular weight excluding hydrogens is 1040 g/mol. The van der Waals surface area contributed by atoms with Gasteiger partial charge in [-0.2, -0.15) is 13.2 Å². The van der Waals surface area contributed by atoms with Crippen molar-refractivity contribution in [2.45, 2.75) is 102 Å². The fourth-order valence-corrected chi connectivity index (χ4v) is 16.8. The number of hydrogen-bond acceptors (Lipinski definition) is 9. The van der Waals surface area contributed by atoms with Gasteiger partial charge in [-0.15, -0.1) is 0 Å². The van der Waals surface area contributed by atoms with E-state index in [1.54, 1.807) is 47.4 Å². The summed E-state index contributed by atoms with van der Waals surface area (Å²) >= 11 is 0. The molecule has 12 nitrogen and oxygen atoms in total. The number of rotatable bonds is 15. The Balaban J connectivity index is 0.894. The number of ether oxygens (including phenoxy) is 1. The maximum atomic E-state index is 15.0. The van der Waals surface area contributed by atoms with Crippen LogP contribution in [0, 0.1) is 17.8 Å². The quantitative estimate of drug-likeness (QED) is 0.0527. The minimum atomic E-state index is -4.52. The molecule has 1 aromatic heterocycles. The van der Waals surface area contributed by atoms with Crippen LogP contribution in [0.15, 0.2) is 121 Å². The number of alkyl halides is 4. The highest BCUT2D eigenvalue weighted by molar-refractivity contribution is 6.99.